The normalized spacial score (nSPS) is 22.9. The highest BCUT2D eigenvalue weighted by molar-refractivity contribution is 5.90. The van der Waals surface area contributed by atoms with Gasteiger partial charge in [0, 0.05) is 5.39 Å². The Morgan fingerprint density at radius 3 is 2.67 bits per heavy atom. The van der Waals surface area contributed by atoms with Gasteiger partial charge in [-0.15, -0.1) is 0 Å². The number of benzene rings is 2. The molecule has 1 heteroatoms. The highest BCUT2D eigenvalue weighted by atomic mass is 16.5. The van der Waals surface area contributed by atoms with E-state index >= 15 is 0 Å². The second kappa shape index (κ2) is 4.31. The van der Waals surface area contributed by atoms with Gasteiger partial charge in [-0.1, -0.05) is 50.2 Å². The van der Waals surface area contributed by atoms with E-state index in [0.29, 0.717) is 17.9 Å². The van der Waals surface area contributed by atoms with E-state index in [0.717, 1.165) is 12.2 Å². The maximum Gasteiger partial charge on any atom is 0.131 e. The number of rotatable bonds is 1. The molecule has 2 atom stereocenters. The molecule has 0 spiro atoms. The lowest BCUT2D eigenvalue weighted by molar-refractivity contribution is 0.165. The zero-order valence-corrected chi connectivity index (χ0v) is 11.3. The first kappa shape index (κ1) is 11.6. The monoisotopic (exact) mass is 240 g/mol. The molecule has 0 fully saturated rings. The standard InChI is InChI=1S/C17H20O/c1-11(2)16-10-12(3)18-17-14-7-5-4-6-13(14)8-9-15(16)17/h4-9,11-12,16H,10H2,1-3H3. The van der Waals surface area contributed by atoms with Crippen molar-refractivity contribution in [3.63, 3.8) is 0 Å². The molecule has 2 unspecified atom stereocenters. The molecule has 0 saturated heterocycles. The van der Waals surface area contributed by atoms with E-state index in [1.807, 2.05) is 0 Å². The quantitative estimate of drug-likeness (QED) is 0.699. The Hall–Kier alpha value is -1.50. The summed E-state index contributed by atoms with van der Waals surface area (Å²) in [5.41, 5.74) is 1.39. The number of hydrogen-bond acceptors (Lipinski definition) is 1. The van der Waals surface area contributed by atoms with Crippen molar-refractivity contribution in [3.8, 4) is 5.75 Å². The molecule has 1 nitrogen and oxygen atoms in total. The Kier molecular flexibility index (Phi) is 2.77. The summed E-state index contributed by atoms with van der Waals surface area (Å²) in [5.74, 6) is 2.40. The zero-order chi connectivity index (χ0) is 12.7. The van der Waals surface area contributed by atoms with Crippen molar-refractivity contribution >= 4 is 10.8 Å². The van der Waals surface area contributed by atoms with Crippen LogP contribution in [0.1, 0.15) is 38.7 Å². The van der Waals surface area contributed by atoms with Crippen molar-refractivity contribution in [2.45, 2.75) is 39.2 Å². The van der Waals surface area contributed by atoms with E-state index in [2.05, 4.69) is 57.2 Å². The molecule has 1 heterocycles. The average Bonchev–Trinajstić information content (AvgIpc) is 2.37. The molecule has 0 aliphatic carbocycles. The van der Waals surface area contributed by atoms with Gasteiger partial charge in [-0.05, 0) is 36.1 Å². The molecule has 0 radical (unpaired) electrons. The molecular formula is C17H20O. The molecule has 0 N–H and O–H groups in total. The SMILES string of the molecule is CC1CC(C(C)C)c2ccc3ccccc3c2O1. The number of hydrogen-bond donors (Lipinski definition) is 0. The van der Waals surface area contributed by atoms with Crippen molar-refractivity contribution in [2.75, 3.05) is 0 Å². The highest BCUT2D eigenvalue weighted by Gasteiger charge is 2.29. The van der Waals surface area contributed by atoms with Crippen LogP contribution in [0.4, 0.5) is 0 Å². The Morgan fingerprint density at radius 2 is 1.89 bits per heavy atom. The lowest BCUT2D eigenvalue weighted by atomic mass is 9.81. The average molecular weight is 240 g/mol. The van der Waals surface area contributed by atoms with Crippen LogP contribution in [0.3, 0.4) is 0 Å². The van der Waals surface area contributed by atoms with Crippen molar-refractivity contribution in [1.29, 1.82) is 0 Å². The van der Waals surface area contributed by atoms with Gasteiger partial charge in [0.05, 0.1) is 6.10 Å². The summed E-state index contributed by atoms with van der Waals surface area (Å²) in [7, 11) is 0. The van der Waals surface area contributed by atoms with Gasteiger partial charge in [-0.25, -0.2) is 0 Å². The molecule has 3 rings (SSSR count). The Labute approximate surface area is 109 Å². The summed E-state index contributed by atoms with van der Waals surface area (Å²) in [6, 6.07) is 13.0. The first-order valence-corrected chi connectivity index (χ1v) is 6.85. The Balaban J connectivity index is 2.23. The fraction of sp³-hybridized carbons (Fsp3) is 0.412. The van der Waals surface area contributed by atoms with Crippen LogP contribution in [-0.4, -0.2) is 6.10 Å². The van der Waals surface area contributed by atoms with Gasteiger partial charge in [0.15, 0.2) is 0 Å². The predicted molar refractivity (Wildman–Crippen MR) is 76.2 cm³/mol. The predicted octanol–water partition coefficient (Wildman–Crippen LogP) is 4.75. The third kappa shape index (κ3) is 1.78. The van der Waals surface area contributed by atoms with Crippen molar-refractivity contribution in [2.24, 2.45) is 5.92 Å². The second-order valence-electron chi connectivity index (χ2n) is 5.72. The smallest absolute Gasteiger partial charge is 0.131 e. The van der Waals surface area contributed by atoms with Crippen LogP contribution in [0.15, 0.2) is 36.4 Å². The van der Waals surface area contributed by atoms with Gasteiger partial charge in [0.2, 0.25) is 0 Å². The minimum absolute atomic E-state index is 0.315. The van der Waals surface area contributed by atoms with Crippen LogP contribution in [-0.2, 0) is 0 Å². The third-order valence-corrected chi connectivity index (χ3v) is 4.02. The van der Waals surface area contributed by atoms with Crippen molar-refractivity contribution in [3.05, 3.63) is 42.0 Å². The van der Waals surface area contributed by atoms with Gasteiger partial charge in [-0.2, -0.15) is 0 Å². The second-order valence-corrected chi connectivity index (χ2v) is 5.72. The van der Waals surface area contributed by atoms with Gasteiger partial charge in [-0.3, -0.25) is 0 Å². The summed E-state index contributed by atoms with van der Waals surface area (Å²) in [6.07, 6.45) is 1.44. The van der Waals surface area contributed by atoms with E-state index < -0.39 is 0 Å². The highest BCUT2D eigenvalue weighted by Crippen LogP contribution is 2.43. The van der Waals surface area contributed by atoms with Crippen LogP contribution in [0.2, 0.25) is 0 Å². The van der Waals surface area contributed by atoms with E-state index in [1.165, 1.54) is 16.3 Å². The lowest BCUT2D eigenvalue weighted by Crippen LogP contribution is -2.25. The molecule has 2 aromatic carbocycles. The fourth-order valence-electron chi connectivity index (χ4n) is 3.05. The molecule has 0 aromatic heterocycles. The maximum absolute atomic E-state index is 6.13. The summed E-state index contributed by atoms with van der Waals surface area (Å²) in [6.45, 7) is 6.80. The van der Waals surface area contributed by atoms with E-state index in [9.17, 15) is 0 Å². The van der Waals surface area contributed by atoms with Crippen LogP contribution < -0.4 is 4.74 Å². The molecule has 0 amide bonds. The van der Waals surface area contributed by atoms with Crippen LogP contribution in [0.25, 0.3) is 10.8 Å². The Morgan fingerprint density at radius 1 is 1.11 bits per heavy atom. The lowest BCUT2D eigenvalue weighted by Gasteiger charge is -2.33. The van der Waals surface area contributed by atoms with Gasteiger partial charge < -0.3 is 4.74 Å². The minimum Gasteiger partial charge on any atom is -0.490 e. The topological polar surface area (TPSA) is 9.23 Å². The fourth-order valence-corrected chi connectivity index (χ4v) is 3.05. The maximum atomic E-state index is 6.13. The van der Waals surface area contributed by atoms with E-state index in [1.54, 1.807) is 0 Å². The summed E-state index contributed by atoms with van der Waals surface area (Å²) in [4.78, 5) is 0. The van der Waals surface area contributed by atoms with Crippen LogP contribution in [0.5, 0.6) is 5.75 Å². The molecule has 18 heavy (non-hydrogen) atoms. The summed E-state index contributed by atoms with van der Waals surface area (Å²) < 4.78 is 6.13. The van der Waals surface area contributed by atoms with Crippen LogP contribution >= 0.6 is 0 Å². The number of fused-ring (bicyclic) bond motifs is 3. The van der Waals surface area contributed by atoms with Gasteiger partial charge in [0.1, 0.15) is 5.75 Å². The summed E-state index contributed by atoms with van der Waals surface area (Å²) in [5, 5.41) is 2.53. The van der Waals surface area contributed by atoms with Crippen molar-refractivity contribution < 1.29 is 4.74 Å². The zero-order valence-electron chi connectivity index (χ0n) is 11.3. The summed E-state index contributed by atoms with van der Waals surface area (Å²) >= 11 is 0. The molecule has 0 bridgehead atoms. The van der Waals surface area contributed by atoms with Crippen LogP contribution in [0, 0.1) is 5.92 Å². The molecule has 0 saturated carbocycles. The number of ether oxygens (including phenoxy) is 1. The first-order chi connectivity index (χ1) is 8.66. The molecule has 1 aliphatic rings. The van der Waals surface area contributed by atoms with E-state index in [4.69, 9.17) is 4.74 Å². The molecule has 94 valence electrons. The van der Waals surface area contributed by atoms with E-state index in [-0.39, 0.29) is 0 Å². The van der Waals surface area contributed by atoms with Crippen molar-refractivity contribution in [1.82, 2.24) is 0 Å². The minimum atomic E-state index is 0.315. The molecular weight excluding hydrogens is 220 g/mol. The first-order valence-electron chi connectivity index (χ1n) is 6.85. The van der Waals surface area contributed by atoms with Gasteiger partial charge in [0.25, 0.3) is 0 Å². The Bertz CT molecular complexity index is 571. The largest absolute Gasteiger partial charge is 0.490 e. The molecule has 2 aromatic rings. The molecule has 1 aliphatic heterocycles. The third-order valence-electron chi connectivity index (χ3n) is 4.02. The van der Waals surface area contributed by atoms with Gasteiger partial charge >= 0.3 is 0 Å².